The largest absolute Gasteiger partial charge is 0.396 e. The molecule has 19 heavy (non-hydrogen) atoms. The van der Waals surface area contributed by atoms with E-state index in [0.717, 1.165) is 10.3 Å². The lowest BCUT2D eigenvalue weighted by Gasteiger charge is -2.08. The summed E-state index contributed by atoms with van der Waals surface area (Å²) in [6.45, 7) is 0.205. The summed E-state index contributed by atoms with van der Waals surface area (Å²) >= 11 is 4.86. The lowest BCUT2D eigenvalue weighted by molar-refractivity contribution is 0.277. The van der Waals surface area contributed by atoms with E-state index in [0.29, 0.717) is 22.0 Å². The first-order valence-corrected chi connectivity index (χ1v) is 7.85. The fourth-order valence-corrected chi connectivity index (χ4v) is 4.10. The van der Waals surface area contributed by atoms with Crippen molar-refractivity contribution in [1.82, 2.24) is 9.13 Å². The minimum atomic E-state index is -0.326. The summed E-state index contributed by atoms with van der Waals surface area (Å²) in [5.74, 6) is 0. The van der Waals surface area contributed by atoms with Gasteiger partial charge in [0, 0.05) is 25.5 Å². The number of aromatic nitrogens is 2. The van der Waals surface area contributed by atoms with Crippen LogP contribution in [0.1, 0.15) is 12.0 Å². The van der Waals surface area contributed by atoms with Crippen molar-refractivity contribution in [3.05, 3.63) is 26.4 Å². The van der Waals surface area contributed by atoms with E-state index in [1.54, 1.807) is 7.05 Å². The van der Waals surface area contributed by atoms with E-state index in [4.69, 9.17) is 5.11 Å². The lowest BCUT2D eigenvalue weighted by atomic mass is 10.0. The highest BCUT2D eigenvalue weighted by molar-refractivity contribution is 9.08. The molecule has 0 aliphatic carbocycles. The molecule has 0 amide bonds. The van der Waals surface area contributed by atoms with Crippen molar-refractivity contribution in [2.75, 3.05) is 6.61 Å². The molecule has 1 N–H and O–H groups in total. The van der Waals surface area contributed by atoms with Gasteiger partial charge >= 0.3 is 5.69 Å². The van der Waals surface area contributed by atoms with Gasteiger partial charge < -0.3 is 5.11 Å². The average Bonchev–Trinajstić information content (AvgIpc) is 2.73. The summed E-state index contributed by atoms with van der Waals surface area (Å²) in [5.41, 5.74) is 0.358. The smallest absolute Gasteiger partial charge is 0.331 e. The van der Waals surface area contributed by atoms with Crippen molar-refractivity contribution in [3.63, 3.8) is 0 Å². The van der Waals surface area contributed by atoms with Crippen molar-refractivity contribution in [2.24, 2.45) is 7.05 Å². The van der Waals surface area contributed by atoms with Crippen molar-refractivity contribution < 1.29 is 5.11 Å². The van der Waals surface area contributed by atoms with Crippen molar-refractivity contribution in [1.29, 1.82) is 0 Å². The van der Waals surface area contributed by atoms with Crippen LogP contribution in [0.25, 0.3) is 10.2 Å². The van der Waals surface area contributed by atoms with Gasteiger partial charge in [0.2, 0.25) is 0 Å². The summed E-state index contributed by atoms with van der Waals surface area (Å²) < 4.78 is 3.76. The fraction of sp³-hybridized carbons (Fsp3) is 0.455. The number of alkyl halides is 1. The number of aliphatic hydroxyl groups excluding tert-OH is 1. The van der Waals surface area contributed by atoms with Crippen LogP contribution in [0, 0.1) is 0 Å². The Morgan fingerprint density at radius 2 is 2.11 bits per heavy atom. The van der Waals surface area contributed by atoms with E-state index in [1.165, 1.54) is 20.5 Å². The minimum absolute atomic E-state index is 0.0401. The topological polar surface area (TPSA) is 64.2 Å². The maximum atomic E-state index is 12.5. The zero-order chi connectivity index (χ0) is 14.2. The van der Waals surface area contributed by atoms with Crippen LogP contribution in [0.4, 0.5) is 0 Å². The summed E-state index contributed by atoms with van der Waals surface area (Å²) in [6.07, 6.45) is 0.396. The summed E-state index contributed by atoms with van der Waals surface area (Å²) in [4.78, 5) is 25.3. The molecule has 2 heterocycles. The van der Waals surface area contributed by atoms with Crippen LogP contribution in [0.3, 0.4) is 0 Å². The van der Waals surface area contributed by atoms with Gasteiger partial charge in [-0.05, 0) is 16.8 Å². The predicted molar refractivity (Wildman–Crippen MR) is 83.8 cm³/mol. The zero-order valence-corrected chi connectivity index (χ0v) is 13.2. The highest BCUT2D eigenvalue weighted by atomic mass is 79.9. The molecule has 5 nitrogen and oxygen atoms in total. The van der Waals surface area contributed by atoms with Gasteiger partial charge in [0.05, 0.1) is 5.39 Å². The van der Waals surface area contributed by atoms with Gasteiger partial charge in [-0.2, -0.15) is 0 Å². The second kappa shape index (κ2) is 5.64. The molecule has 0 aromatic carbocycles. The van der Waals surface area contributed by atoms with Gasteiger partial charge in [-0.1, -0.05) is 15.9 Å². The molecule has 0 spiro atoms. The molecule has 0 fully saturated rings. The number of thiophene rings is 1. The van der Waals surface area contributed by atoms with Gasteiger partial charge in [0.1, 0.15) is 4.83 Å². The molecule has 0 aliphatic rings. The molecule has 0 saturated carbocycles. The van der Waals surface area contributed by atoms with Crippen molar-refractivity contribution in [3.8, 4) is 0 Å². The Labute approximate surface area is 123 Å². The van der Waals surface area contributed by atoms with Crippen LogP contribution in [0.5, 0.6) is 0 Å². The van der Waals surface area contributed by atoms with Gasteiger partial charge in [0.25, 0.3) is 5.56 Å². The number of halogens is 1. The van der Waals surface area contributed by atoms with Crippen molar-refractivity contribution >= 4 is 50.1 Å². The molecular weight excluding hydrogens is 331 g/mol. The highest BCUT2D eigenvalue weighted by Crippen LogP contribution is 2.20. The number of nitrogens with zero attached hydrogens (tertiary/aromatic N) is 2. The molecule has 102 valence electrons. The molecule has 0 aliphatic heterocycles. The third-order valence-electron chi connectivity index (χ3n) is 3.15. The third kappa shape index (κ3) is 2.32. The number of aliphatic hydroxyl groups is 1. The molecule has 2 aromatic rings. The molecule has 0 saturated heterocycles. The standard InChI is InChI=1S/C11H14BBrN2O3S/c1-14-10-7(6(5-13)8(12)19-10)9(17)15(11(14)18)3-2-4-16/h16H,2-5,12H2,1H3. The number of aryl methyl sites for hydroxylation is 1. The highest BCUT2D eigenvalue weighted by Gasteiger charge is 2.17. The van der Waals surface area contributed by atoms with Crippen LogP contribution in [0.15, 0.2) is 9.59 Å². The van der Waals surface area contributed by atoms with Crippen LogP contribution in [-0.4, -0.2) is 28.7 Å². The summed E-state index contributed by atoms with van der Waals surface area (Å²) in [5, 5.41) is 10.1. The number of rotatable bonds is 4. The molecule has 0 atom stereocenters. The Hall–Kier alpha value is -0.855. The average molecular weight is 345 g/mol. The normalized spacial score (nSPS) is 11.3. The zero-order valence-electron chi connectivity index (χ0n) is 10.8. The Morgan fingerprint density at radius 3 is 2.68 bits per heavy atom. The molecule has 2 rings (SSSR count). The monoisotopic (exact) mass is 344 g/mol. The maximum absolute atomic E-state index is 12.5. The van der Waals surface area contributed by atoms with E-state index >= 15 is 0 Å². The van der Waals surface area contributed by atoms with E-state index in [2.05, 4.69) is 15.9 Å². The Balaban J connectivity index is 2.86. The second-order valence-electron chi connectivity index (χ2n) is 4.33. The third-order valence-corrected chi connectivity index (χ3v) is 4.93. The summed E-state index contributed by atoms with van der Waals surface area (Å²) in [7, 11) is 3.62. The first-order chi connectivity index (χ1) is 9.02. The first kappa shape index (κ1) is 14.6. The number of hydrogen-bond acceptors (Lipinski definition) is 4. The Morgan fingerprint density at radius 1 is 1.42 bits per heavy atom. The molecule has 0 unspecified atom stereocenters. The van der Waals surface area contributed by atoms with Crippen LogP contribution < -0.4 is 16.0 Å². The Kier molecular flexibility index (Phi) is 4.32. The fourth-order valence-electron chi connectivity index (χ4n) is 2.10. The molecular formula is C11H14BBrN2O3S. The molecule has 2 aromatic heterocycles. The van der Waals surface area contributed by atoms with E-state index < -0.39 is 0 Å². The Bertz CT molecular complexity index is 734. The van der Waals surface area contributed by atoms with Crippen LogP contribution in [-0.2, 0) is 18.9 Å². The summed E-state index contributed by atoms with van der Waals surface area (Å²) in [6, 6.07) is 0. The van der Waals surface area contributed by atoms with Gasteiger partial charge in [0.15, 0.2) is 7.85 Å². The van der Waals surface area contributed by atoms with Crippen molar-refractivity contribution in [2.45, 2.75) is 18.3 Å². The van der Waals surface area contributed by atoms with Gasteiger partial charge in [-0.15, -0.1) is 11.3 Å². The lowest BCUT2D eigenvalue weighted by Crippen LogP contribution is -2.39. The molecule has 0 radical (unpaired) electrons. The van der Waals surface area contributed by atoms with E-state index in [1.807, 2.05) is 7.85 Å². The second-order valence-corrected chi connectivity index (χ2v) is 6.09. The quantitative estimate of drug-likeness (QED) is 0.589. The SMILES string of the molecule is Bc1sc2c(c1CBr)c(=O)n(CCCO)c(=O)n2C. The molecule has 8 heteroatoms. The van der Waals surface area contributed by atoms with E-state index in [-0.39, 0.29) is 24.4 Å². The first-order valence-electron chi connectivity index (χ1n) is 5.91. The van der Waals surface area contributed by atoms with Gasteiger partial charge in [-0.3, -0.25) is 13.9 Å². The maximum Gasteiger partial charge on any atom is 0.331 e. The number of fused-ring (bicyclic) bond motifs is 1. The predicted octanol–water partition coefficient (Wildman–Crippen LogP) is -0.703. The van der Waals surface area contributed by atoms with Crippen LogP contribution >= 0.6 is 27.3 Å². The van der Waals surface area contributed by atoms with Gasteiger partial charge in [-0.25, -0.2) is 4.79 Å². The van der Waals surface area contributed by atoms with E-state index in [9.17, 15) is 9.59 Å². The number of hydrogen-bond donors (Lipinski definition) is 1. The minimum Gasteiger partial charge on any atom is -0.396 e. The molecule has 0 bridgehead atoms. The van der Waals surface area contributed by atoms with Crippen LogP contribution in [0.2, 0.25) is 0 Å².